The summed E-state index contributed by atoms with van der Waals surface area (Å²) in [4.78, 5) is 10.4. The van der Waals surface area contributed by atoms with Crippen LogP contribution in [0.2, 0.25) is 0 Å². The molecule has 4 aromatic rings. The molecule has 30 heavy (non-hydrogen) atoms. The van der Waals surface area contributed by atoms with Gasteiger partial charge in [-0.25, -0.2) is 4.98 Å². The van der Waals surface area contributed by atoms with E-state index in [9.17, 15) is 0 Å². The van der Waals surface area contributed by atoms with E-state index >= 15 is 0 Å². The van der Waals surface area contributed by atoms with Crippen LogP contribution in [0, 0.1) is 0 Å². The molecule has 1 aromatic heterocycles. The van der Waals surface area contributed by atoms with Crippen molar-refractivity contribution < 1.29 is 4.84 Å². The third kappa shape index (κ3) is 3.54. The second kappa shape index (κ2) is 7.86. The Balaban J connectivity index is 1.52. The van der Waals surface area contributed by atoms with Crippen LogP contribution >= 0.6 is 0 Å². The molecular weight excluding hydrogens is 372 g/mol. The van der Waals surface area contributed by atoms with E-state index < -0.39 is 0 Å². The van der Waals surface area contributed by atoms with Gasteiger partial charge in [0.05, 0.1) is 18.2 Å². The minimum Gasteiger partial charge on any atom is -0.291 e. The van der Waals surface area contributed by atoms with Crippen molar-refractivity contribution in [2.45, 2.75) is 24.6 Å². The van der Waals surface area contributed by atoms with E-state index in [0.29, 0.717) is 6.54 Å². The lowest BCUT2D eigenvalue weighted by atomic mass is 9.84. The summed E-state index contributed by atoms with van der Waals surface area (Å²) in [6.07, 6.45) is 8.43. The zero-order chi connectivity index (χ0) is 20.4. The number of likely N-dealkylation sites (N-methyl/N-ethyl adjacent to an activating group) is 1. The third-order valence-corrected chi connectivity index (χ3v) is 5.92. The maximum atomic E-state index is 6.30. The van der Waals surface area contributed by atoms with Gasteiger partial charge in [0.25, 0.3) is 0 Å². The van der Waals surface area contributed by atoms with E-state index in [1.165, 1.54) is 21.9 Å². The molecule has 2 heterocycles. The summed E-state index contributed by atoms with van der Waals surface area (Å²) in [5, 5.41) is 8.83. The first-order valence-corrected chi connectivity index (χ1v) is 10.2. The molecule has 1 aliphatic rings. The average Bonchev–Trinajstić information content (AvgIpc) is 3.41. The topological polar surface area (TPSA) is 43.2 Å². The van der Waals surface area contributed by atoms with Crippen LogP contribution in [-0.2, 0) is 16.9 Å². The van der Waals surface area contributed by atoms with Gasteiger partial charge in [0.2, 0.25) is 0 Å². The minimum atomic E-state index is -0.344. The molecule has 1 aliphatic heterocycles. The number of hydrogen-bond donors (Lipinski definition) is 0. The summed E-state index contributed by atoms with van der Waals surface area (Å²) in [6.45, 7) is 0.664. The molecule has 0 unspecified atom stereocenters. The number of aromatic nitrogens is 3. The van der Waals surface area contributed by atoms with Crippen LogP contribution in [0.5, 0.6) is 0 Å². The second-order valence-corrected chi connectivity index (χ2v) is 7.80. The van der Waals surface area contributed by atoms with E-state index in [2.05, 4.69) is 76.8 Å². The summed E-state index contributed by atoms with van der Waals surface area (Å²) in [6, 6.07) is 25.4. The van der Waals surface area contributed by atoms with Crippen molar-refractivity contribution in [3.8, 4) is 0 Å². The third-order valence-electron chi connectivity index (χ3n) is 5.92. The Labute approximate surface area is 176 Å². The van der Waals surface area contributed by atoms with Crippen molar-refractivity contribution in [1.82, 2.24) is 19.8 Å². The molecule has 0 N–H and O–H groups in total. The first-order chi connectivity index (χ1) is 14.7. The summed E-state index contributed by atoms with van der Waals surface area (Å²) in [7, 11) is 2.02. The van der Waals surface area contributed by atoms with Gasteiger partial charge in [-0.2, -0.15) is 10.2 Å². The molecule has 1 saturated heterocycles. The highest BCUT2D eigenvalue weighted by atomic mass is 16.7. The molecule has 0 saturated carbocycles. The fourth-order valence-electron chi connectivity index (χ4n) is 4.30. The lowest BCUT2D eigenvalue weighted by Gasteiger charge is -2.34. The van der Waals surface area contributed by atoms with E-state index in [0.717, 1.165) is 6.42 Å². The Morgan fingerprint density at radius 1 is 1.03 bits per heavy atom. The highest BCUT2D eigenvalue weighted by Crippen LogP contribution is 2.42. The Hall–Kier alpha value is -3.28. The number of hydrogen-bond acceptors (Lipinski definition) is 4. The van der Waals surface area contributed by atoms with Crippen LogP contribution in [0.1, 0.15) is 17.5 Å². The normalized spacial score (nSPS) is 22.2. The minimum absolute atomic E-state index is 0.0230. The molecule has 0 bridgehead atoms. The first-order valence-electron chi connectivity index (χ1n) is 10.2. The Morgan fingerprint density at radius 3 is 2.63 bits per heavy atom. The van der Waals surface area contributed by atoms with Crippen molar-refractivity contribution in [2.75, 3.05) is 7.05 Å². The summed E-state index contributed by atoms with van der Waals surface area (Å²) in [5.74, 6) is 0. The van der Waals surface area contributed by atoms with Crippen molar-refractivity contribution in [2.24, 2.45) is 0 Å². The highest BCUT2D eigenvalue weighted by molar-refractivity contribution is 5.83. The predicted molar refractivity (Wildman–Crippen MR) is 118 cm³/mol. The van der Waals surface area contributed by atoms with Gasteiger partial charge in [-0.1, -0.05) is 78.9 Å². The van der Waals surface area contributed by atoms with Gasteiger partial charge >= 0.3 is 0 Å². The van der Waals surface area contributed by atoms with Crippen LogP contribution in [0.25, 0.3) is 16.8 Å². The van der Waals surface area contributed by atoms with Crippen molar-refractivity contribution >= 4 is 16.8 Å². The fraction of sp³-hybridized carbons (Fsp3) is 0.200. The number of benzene rings is 3. The molecule has 5 rings (SSSR count). The molecule has 3 aromatic carbocycles. The largest absolute Gasteiger partial charge is 0.291 e. The maximum Gasteiger partial charge on any atom is 0.137 e. The molecule has 1 fully saturated rings. The van der Waals surface area contributed by atoms with Crippen LogP contribution in [0.15, 0.2) is 91.5 Å². The average molecular weight is 396 g/mol. The lowest BCUT2D eigenvalue weighted by Crippen LogP contribution is -2.42. The molecule has 150 valence electrons. The monoisotopic (exact) mass is 396 g/mol. The van der Waals surface area contributed by atoms with E-state index in [-0.39, 0.29) is 11.6 Å². The van der Waals surface area contributed by atoms with Crippen molar-refractivity contribution in [3.63, 3.8) is 0 Å². The smallest absolute Gasteiger partial charge is 0.137 e. The fourth-order valence-corrected chi connectivity index (χ4v) is 4.30. The second-order valence-electron chi connectivity index (χ2n) is 7.80. The Kier molecular flexibility index (Phi) is 4.91. The van der Waals surface area contributed by atoms with Crippen LogP contribution in [0.3, 0.4) is 0 Å². The van der Waals surface area contributed by atoms with Gasteiger partial charge in [-0.3, -0.25) is 9.52 Å². The lowest BCUT2D eigenvalue weighted by molar-refractivity contribution is -0.165. The van der Waals surface area contributed by atoms with Crippen LogP contribution < -0.4 is 0 Å². The zero-order valence-electron chi connectivity index (χ0n) is 16.9. The van der Waals surface area contributed by atoms with Gasteiger partial charge < -0.3 is 0 Å². The van der Waals surface area contributed by atoms with Gasteiger partial charge in [-0.05, 0) is 28.0 Å². The molecule has 0 radical (unpaired) electrons. The first kappa shape index (κ1) is 18.7. The Bertz CT molecular complexity index is 1160. The SMILES string of the molecule is CN1O[C@H](/C=C/c2ccccc2)C[C@@]1(Cn1cncn1)c1ccc2ccccc2c1. The molecular formula is C25H24N4O. The predicted octanol–water partition coefficient (Wildman–Crippen LogP) is 4.68. The number of fused-ring (bicyclic) bond motifs is 1. The molecule has 0 amide bonds. The molecule has 0 aliphatic carbocycles. The summed E-state index contributed by atoms with van der Waals surface area (Å²) < 4.78 is 1.89. The highest BCUT2D eigenvalue weighted by Gasteiger charge is 2.46. The quantitative estimate of drug-likeness (QED) is 0.491. The van der Waals surface area contributed by atoms with Crippen molar-refractivity contribution in [3.05, 3.63) is 103 Å². The molecule has 0 spiro atoms. The van der Waals surface area contributed by atoms with Gasteiger partial charge in [0.15, 0.2) is 0 Å². The molecule has 5 heteroatoms. The van der Waals surface area contributed by atoms with Gasteiger partial charge in [0.1, 0.15) is 12.7 Å². The van der Waals surface area contributed by atoms with Crippen molar-refractivity contribution in [1.29, 1.82) is 0 Å². The Morgan fingerprint density at radius 2 is 1.83 bits per heavy atom. The maximum absolute atomic E-state index is 6.30. The van der Waals surface area contributed by atoms with Crippen LogP contribution in [0.4, 0.5) is 0 Å². The van der Waals surface area contributed by atoms with E-state index in [1.54, 1.807) is 12.7 Å². The van der Waals surface area contributed by atoms with E-state index in [4.69, 9.17) is 4.84 Å². The number of nitrogens with zero attached hydrogens (tertiary/aromatic N) is 4. The number of rotatable bonds is 5. The number of hydroxylamine groups is 2. The molecule has 2 atom stereocenters. The van der Waals surface area contributed by atoms with Crippen LogP contribution in [-0.4, -0.2) is 33.0 Å². The zero-order valence-corrected chi connectivity index (χ0v) is 16.9. The van der Waals surface area contributed by atoms with E-state index in [1.807, 2.05) is 35.0 Å². The molecule has 5 nitrogen and oxygen atoms in total. The summed E-state index contributed by atoms with van der Waals surface area (Å²) >= 11 is 0. The van der Waals surface area contributed by atoms with Gasteiger partial charge in [0, 0.05) is 13.5 Å². The summed E-state index contributed by atoms with van der Waals surface area (Å²) in [5.41, 5.74) is 2.04. The standard InChI is InChI=1S/C25H24N4O/c1-28-25(17-29-19-26-18-27-29,23-13-12-21-9-5-6-10-22(21)15-23)16-24(30-28)14-11-20-7-3-2-4-8-20/h2-15,18-19,24H,16-17H2,1H3/b14-11+/t24-,25-/m1/s1. The van der Waals surface area contributed by atoms with Gasteiger partial charge in [-0.15, -0.1) is 0 Å².